The molecule has 0 aliphatic carbocycles. The van der Waals surface area contributed by atoms with E-state index >= 15 is 0 Å². The number of thiocarbonyl (C=S) groups is 1. The summed E-state index contributed by atoms with van der Waals surface area (Å²) in [5.74, 6) is 4.40. The zero-order valence-corrected chi connectivity index (χ0v) is 30.8. The van der Waals surface area contributed by atoms with Crippen molar-refractivity contribution in [1.29, 1.82) is 0 Å². The number of carbonyl (C=O) groups is 1. The maximum Gasteiger partial charge on any atom is 0.173 e. The highest BCUT2D eigenvalue weighted by atomic mass is 35.5. The molecule has 3 aliphatic rings. The topological polar surface area (TPSA) is 60.5 Å². The van der Waals surface area contributed by atoms with E-state index in [4.69, 9.17) is 42.8 Å². The summed E-state index contributed by atoms with van der Waals surface area (Å²) in [6, 6.07) is 16.1. The van der Waals surface area contributed by atoms with Crippen LogP contribution < -0.4 is 18.9 Å². The van der Waals surface area contributed by atoms with Crippen molar-refractivity contribution in [3.8, 4) is 23.0 Å². The number of halogens is 1. The molecule has 3 aromatic carbocycles. The summed E-state index contributed by atoms with van der Waals surface area (Å²) >= 11 is 13.6. The van der Waals surface area contributed by atoms with Crippen LogP contribution in [0.2, 0.25) is 5.02 Å². The molecular weight excluding hydrogens is 664 g/mol. The number of methoxy groups -OCH3 is 4. The molecule has 0 aromatic heterocycles. The summed E-state index contributed by atoms with van der Waals surface area (Å²) in [6.07, 6.45) is 4.99. The van der Waals surface area contributed by atoms with E-state index in [9.17, 15) is 4.79 Å². The molecule has 3 aliphatic heterocycles. The van der Waals surface area contributed by atoms with E-state index in [1.807, 2.05) is 0 Å². The first-order valence-electron chi connectivity index (χ1n) is 16.7. The number of piperidine rings is 1. The number of hydrogen-bond acceptors (Lipinski definition) is 8. The molecule has 4 atom stereocenters. The van der Waals surface area contributed by atoms with Gasteiger partial charge in [-0.15, -0.1) is 0 Å². The van der Waals surface area contributed by atoms with E-state index in [0.717, 1.165) is 79.1 Å². The predicted molar refractivity (Wildman–Crippen MR) is 198 cm³/mol. The van der Waals surface area contributed by atoms with Gasteiger partial charge >= 0.3 is 0 Å². The van der Waals surface area contributed by atoms with Crippen molar-refractivity contribution in [3.63, 3.8) is 0 Å². The molecule has 1 saturated heterocycles. The minimum atomic E-state index is 0.0424. The molecule has 0 radical (unpaired) electrons. The Morgan fingerprint density at radius 3 is 2.06 bits per heavy atom. The van der Waals surface area contributed by atoms with Crippen LogP contribution in [0.25, 0.3) is 0 Å². The third-order valence-corrected chi connectivity index (χ3v) is 12.3. The van der Waals surface area contributed by atoms with Crippen molar-refractivity contribution in [2.75, 3.05) is 53.8 Å². The van der Waals surface area contributed by atoms with Crippen LogP contribution in [0, 0.1) is 11.8 Å². The zero-order valence-electron chi connectivity index (χ0n) is 28.4. The summed E-state index contributed by atoms with van der Waals surface area (Å²) in [4.78, 5) is 18.2. The second-order valence-corrected chi connectivity index (χ2v) is 15.0. The van der Waals surface area contributed by atoms with Gasteiger partial charge in [-0.05, 0) is 108 Å². The summed E-state index contributed by atoms with van der Waals surface area (Å²) in [7, 11) is 6.79. The Bertz CT molecular complexity index is 1650. The lowest BCUT2D eigenvalue weighted by Gasteiger charge is -2.49. The lowest BCUT2D eigenvalue weighted by Crippen LogP contribution is -2.47. The SMILES string of the molecule is CC[C@H]1CN2CCc3cc(OC)c(OC)cc3C2C[C@@H]1C[C@@H]1c2cc(OC)c(OC)cc2CCN1C(=S)SCC(=O)c1ccc(Cl)cc1. The first kappa shape index (κ1) is 34.9. The summed E-state index contributed by atoms with van der Waals surface area (Å²) < 4.78 is 23.7. The number of benzene rings is 3. The van der Waals surface area contributed by atoms with E-state index in [1.54, 1.807) is 52.7 Å². The lowest BCUT2D eigenvalue weighted by molar-refractivity contribution is 0.0381. The normalized spacial score (nSPS) is 21.8. The molecule has 0 spiro atoms. The molecule has 7 nitrogen and oxygen atoms in total. The van der Waals surface area contributed by atoms with E-state index < -0.39 is 0 Å². The molecule has 48 heavy (non-hydrogen) atoms. The Balaban J connectivity index is 1.30. The van der Waals surface area contributed by atoms with Crippen molar-refractivity contribution in [2.45, 2.75) is 51.1 Å². The van der Waals surface area contributed by atoms with Crippen LogP contribution in [-0.2, 0) is 12.8 Å². The number of nitrogens with zero attached hydrogens (tertiary/aromatic N) is 2. The molecular formula is C38H45ClN2O5S2. The highest BCUT2D eigenvalue weighted by Gasteiger charge is 2.42. The van der Waals surface area contributed by atoms with Crippen molar-refractivity contribution >= 4 is 45.7 Å². The van der Waals surface area contributed by atoms with E-state index in [1.165, 1.54) is 34.0 Å². The number of Topliss-reactive ketones (excluding diaryl/α,β-unsaturated/α-hetero) is 1. The average Bonchev–Trinajstić information content (AvgIpc) is 3.12. The molecule has 3 heterocycles. The smallest absolute Gasteiger partial charge is 0.173 e. The van der Waals surface area contributed by atoms with E-state index in [0.29, 0.717) is 28.5 Å². The number of fused-ring (bicyclic) bond motifs is 4. The zero-order chi connectivity index (χ0) is 33.9. The summed E-state index contributed by atoms with van der Waals surface area (Å²) in [6.45, 7) is 5.23. The molecule has 0 N–H and O–H groups in total. The first-order valence-corrected chi connectivity index (χ1v) is 18.5. The molecule has 0 saturated carbocycles. The van der Waals surface area contributed by atoms with Crippen LogP contribution in [0.15, 0.2) is 48.5 Å². The molecule has 10 heteroatoms. The quantitative estimate of drug-likeness (QED) is 0.153. The molecule has 1 unspecified atom stereocenters. The number of rotatable bonds is 10. The molecule has 0 amide bonds. The minimum absolute atomic E-state index is 0.0424. The Labute approximate surface area is 299 Å². The van der Waals surface area contributed by atoms with Gasteiger partial charge in [0.25, 0.3) is 0 Å². The second-order valence-electron chi connectivity index (χ2n) is 12.9. The summed E-state index contributed by atoms with van der Waals surface area (Å²) in [5, 5.41) is 0.614. The monoisotopic (exact) mass is 708 g/mol. The van der Waals surface area contributed by atoms with Gasteiger partial charge in [0.2, 0.25) is 0 Å². The Kier molecular flexibility index (Phi) is 11.1. The predicted octanol–water partition coefficient (Wildman–Crippen LogP) is 8.21. The van der Waals surface area contributed by atoms with Gasteiger partial charge in [0.05, 0.1) is 40.2 Å². The number of ether oxygens (including phenoxy) is 4. The minimum Gasteiger partial charge on any atom is -0.493 e. The fraction of sp³-hybridized carbons (Fsp3) is 0.474. The van der Waals surface area contributed by atoms with Gasteiger partial charge < -0.3 is 23.8 Å². The van der Waals surface area contributed by atoms with Crippen molar-refractivity contribution in [2.24, 2.45) is 11.8 Å². The molecule has 3 aromatic rings. The average molecular weight is 709 g/mol. The van der Waals surface area contributed by atoms with Gasteiger partial charge in [-0.25, -0.2) is 0 Å². The second kappa shape index (κ2) is 15.3. The highest BCUT2D eigenvalue weighted by Crippen LogP contribution is 2.49. The number of thioether (sulfide) groups is 1. The number of carbonyl (C=O) groups excluding carboxylic acids is 1. The third-order valence-electron chi connectivity index (χ3n) is 10.6. The van der Waals surface area contributed by atoms with E-state index in [-0.39, 0.29) is 17.6 Å². The van der Waals surface area contributed by atoms with Crippen LogP contribution in [-0.4, -0.2) is 73.7 Å². The van der Waals surface area contributed by atoms with Crippen LogP contribution in [0.4, 0.5) is 0 Å². The third kappa shape index (κ3) is 7.02. The maximum atomic E-state index is 13.1. The van der Waals surface area contributed by atoms with Crippen molar-refractivity contribution < 1.29 is 23.7 Å². The molecule has 0 bridgehead atoms. The standard InChI is InChI=1S/C38H45ClN2O5S2/c1-6-23-21-40-13-11-25-17-34(43-2)36(45-4)19-29(25)31(40)15-27(23)16-32-30-20-37(46-5)35(44-3)18-26(30)12-14-41(32)38(47)48-22-33(42)24-7-9-28(39)10-8-24/h7-10,17-20,23,27,31-32H,6,11-16,21-22H2,1-5H3/t23-,27+,31?,32+/m0/s1. The molecule has 6 rings (SSSR count). The molecule has 256 valence electrons. The largest absolute Gasteiger partial charge is 0.493 e. The summed E-state index contributed by atoms with van der Waals surface area (Å²) in [5.41, 5.74) is 5.86. The highest BCUT2D eigenvalue weighted by molar-refractivity contribution is 8.23. The van der Waals surface area contributed by atoms with Gasteiger partial charge in [0.1, 0.15) is 4.32 Å². The maximum absolute atomic E-state index is 13.1. The Hall–Kier alpha value is -2.98. The fourth-order valence-electron chi connectivity index (χ4n) is 7.97. The first-order chi connectivity index (χ1) is 23.3. The number of hydrogen-bond donors (Lipinski definition) is 0. The lowest BCUT2D eigenvalue weighted by atomic mass is 9.72. The van der Waals surface area contributed by atoms with Gasteiger partial charge in [-0.2, -0.15) is 0 Å². The molecule has 1 fully saturated rings. The van der Waals surface area contributed by atoms with Crippen molar-refractivity contribution in [3.05, 3.63) is 81.4 Å². The van der Waals surface area contributed by atoms with Crippen LogP contribution in [0.3, 0.4) is 0 Å². The number of ketones is 1. The van der Waals surface area contributed by atoms with Crippen LogP contribution >= 0.6 is 35.6 Å². The fourth-order valence-corrected chi connectivity index (χ4v) is 9.30. The van der Waals surface area contributed by atoms with Gasteiger partial charge in [-0.1, -0.05) is 48.9 Å². The van der Waals surface area contributed by atoms with Gasteiger partial charge in [-0.3, -0.25) is 9.69 Å². The van der Waals surface area contributed by atoms with E-state index in [2.05, 4.69) is 41.0 Å². The van der Waals surface area contributed by atoms with Gasteiger partial charge in [0.15, 0.2) is 28.8 Å². The Morgan fingerprint density at radius 2 is 1.44 bits per heavy atom. The van der Waals surface area contributed by atoms with Crippen molar-refractivity contribution in [1.82, 2.24) is 9.80 Å². The van der Waals surface area contributed by atoms with Crippen LogP contribution in [0.5, 0.6) is 23.0 Å². The van der Waals surface area contributed by atoms with Gasteiger partial charge in [0, 0.05) is 36.3 Å². The van der Waals surface area contributed by atoms with Crippen LogP contribution in [0.1, 0.15) is 70.9 Å². The Morgan fingerprint density at radius 1 is 0.854 bits per heavy atom.